The Morgan fingerprint density at radius 2 is 1.95 bits per heavy atom. The van der Waals surface area contributed by atoms with E-state index >= 15 is 0 Å². The maximum atomic E-state index is 9.59. The first kappa shape index (κ1) is 26.8. The molecule has 1 fully saturated rings. The molecule has 9 nitrogen and oxygen atoms in total. The van der Waals surface area contributed by atoms with Crippen LogP contribution in [0.4, 0.5) is 5.82 Å². The molecule has 202 valence electrons. The molecule has 3 aromatic heterocycles. The van der Waals surface area contributed by atoms with Gasteiger partial charge in [-0.15, -0.1) is 6.42 Å². The van der Waals surface area contributed by atoms with Crippen LogP contribution in [0.25, 0.3) is 16.6 Å². The molecule has 4 aromatic rings. The predicted octanol–water partition coefficient (Wildman–Crippen LogP) is 3.85. The Bertz CT molecular complexity index is 1610. The maximum Gasteiger partial charge on any atom is 0.169 e. The number of hydrogen-bond acceptors (Lipinski definition) is 7. The third-order valence-electron chi connectivity index (χ3n) is 6.83. The molecular weight excluding hydrogens is 522 g/mol. The zero-order valence-corrected chi connectivity index (χ0v) is 23.2. The zero-order chi connectivity index (χ0) is 28.1. The van der Waals surface area contributed by atoms with E-state index in [2.05, 4.69) is 32.2 Å². The normalized spacial score (nSPS) is 13.0. The van der Waals surface area contributed by atoms with Gasteiger partial charge in [0.05, 0.1) is 42.8 Å². The van der Waals surface area contributed by atoms with Crippen molar-refractivity contribution in [1.29, 1.82) is 5.26 Å². The summed E-state index contributed by atoms with van der Waals surface area (Å²) in [6.45, 7) is 6.22. The lowest BCUT2D eigenvalue weighted by molar-refractivity contribution is 0.338. The van der Waals surface area contributed by atoms with Gasteiger partial charge in [-0.25, -0.2) is 9.50 Å². The van der Waals surface area contributed by atoms with Gasteiger partial charge in [-0.1, -0.05) is 12.0 Å². The molecule has 0 spiro atoms. The van der Waals surface area contributed by atoms with Crippen LogP contribution in [0.2, 0.25) is 0 Å². The minimum Gasteiger partial charge on any atom is -0.495 e. The number of ether oxygens (including phenoxy) is 2. The number of benzene rings is 1. The Labute approximate surface area is 238 Å². The minimum atomic E-state index is 0.506. The summed E-state index contributed by atoms with van der Waals surface area (Å²) in [6, 6.07) is 14.0. The SMILES string of the molecule is C#Cc1ccc(CNC(=S)N2CCN(c3ccc(-c4cc(OCC)cn5ncc(C#N)c45)cn3)CC2)cc1OC. The van der Waals surface area contributed by atoms with E-state index in [9.17, 15) is 5.26 Å². The number of nitriles is 1. The summed E-state index contributed by atoms with van der Waals surface area (Å²) in [5, 5.41) is 18.0. The highest BCUT2D eigenvalue weighted by Crippen LogP contribution is 2.31. The van der Waals surface area contributed by atoms with Gasteiger partial charge < -0.3 is 24.6 Å². The average Bonchev–Trinajstić information content (AvgIpc) is 3.42. The number of pyridine rings is 2. The van der Waals surface area contributed by atoms with Crippen LogP contribution < -0.4 is 19.7 Å². The summed E-state index contributed by atoms with van der Waals surface area (Å²) in [4.78, 5) is 9.18. The molecule has 5 rings (SSSR count). The van der Waals surface area contributed by atoms with E-state index in [0.29, 0.717) is 30.2 Å². The number of piperazine rings is 1. The van der Waals surface area contributed by atoms with E-state index in [1.54, 1.807) is 24.0 Å². The van der Waals surface area contributed by atoms with Gasteiger partial charge in [0.2, 0.25) is 0 Å². The Morgan fingerprint density at radius 1 is 1.12 bits per heavy atom. The van der Waals surface area contributed by atoms with Crippen LogP contribution in [-0.2, 0) is 6.54 Å². The van der Waals surface area contributed by atoms with Crippen LogP contribution in [0.5, 0.6) is 11.5 Å². The number of rotatable bonds is 7. The molecule has 0 saturated carbocycles. The highest BCUT2D eigenvalue weighted by Gasteiger charge is 2.21. The fourth-order valence-corrected chi connectivity index (χ4v) is 5.02. The van der Waals surface area contributed by atoms with Crippen LogP contribution in [0.3, 0.4) is 0 Å². The van der Waals surface area contributed by atoms with Crippen LogP contribution in [0.15, 0.2) is 55.0 Å². The van der Waals surface area contributed by atoms with Crippen molar-refractivity contribution in [2.24, 2.45) is 0 Å². The van der Waals surface area contributed by atoms with Gasteiger partial charge >= 0.3 is 0 Å². The van der Waals surface area contributed by atoms with Gasteiger partial charge in [-0.2, -0.15) is 10.4 Å². The van der Waals surface area contributed by atoms with Gasteiger partial charge in [0.15, 0.2) is 5.11 Å². The van der Waals surface area contributed by atoms with Crippen molar-refractivity contribution in [1.82, 2.24) is 24.8 Å². The van der Waals surface area contributed by atoms with Crippen LogP contribution >= 0.6 is 12.2 Å². The Kier molecular flexibility index (Phi) is 7.99. The monoisotopic (exact) mass is 551 g/mol. The fraction of sp³-hybridized carbons (Fsp3) is 0.267. The highest BCUT2D eigenvalue weighted by atomic mass is 32.1. The molecule has 1 N–H and O–H groups in total. The van der Waals surface area contributed by atoms with Gasteiger partial charge in [-0.05, 0) is 55.0 Å². The summed E-state index contributed by atoms with van der Waals surface area (Å²) in [5.41, 5.74) is 4.76. The van der Waals surface area contributed by atoms with E-state index in [0.717, 1.165) is 64.9 Å². The second kappa shape index (κ2) is 11.9. The lowest BCUT2D eigenvalue weighted by Crippen LogP contribution is -2.51. The maximum absolute atomic E-state index is 9.59. The smallest absolute Gasteiger partial charge is 0.169 e. The second-order valence-electron chi connectivity index (χ2n) is 9.20. The van der Waals surface area contributed by atoms with Crippen molar-refractivity contribution in [3.05, 3.63) is 71.7 Å². The van der Waals surface area contributed by atoms with Crippen molar-refractivity contribution in [3.8, 4) is 41.0 Å². The number of fused-ring (bicyclic) bond motifs is 1. The van der Waals surface area contributed by atoms with Gasteiger partial charge in [0, 0.05) is 50.0 Å². The molecular formula is C30H29N7O2S. The predicted molar refractivity (Wildman–Crippen MR) is 158 cm³/mol. The molecule has 1 aliphatic heterocycles. The van der Waals surface area contributed by atoms with Gasteiger partial charge in [0.1, 0.15) is 23.4 Å². The number of thiocarbonyl (C=S) groups is 1. The van der Waals surface area contributed by atoms with Crippen LogP contribution in [0.1, 0.15) is 23.6 Å². The number of methoxy groups -OCH3 is 1. The number of terminal acetylenes is 1. The van der Waals surface area contributed by atoms with E-state index < -0.39 is 0 Å². The van der Waals surface area contributed by atoms with E-state index in [1.165, 1.54) is 0 Å². The van der Waals surface area contributed by atoms with Gasteiger partial charge in [-0.3, -0.25) is 0 Å². The molecule has 0 aliphatic carbocycles. The lowest BCUT2D eigenvalue weighted by Gasteiger charge is -2.36. The quantitative estimate of drug-likeness (QED) is 0.272. The van der Waals surface area contributed by atoms with Gasteiger partial charge in [0.25, 0.3) is 0 Å². The van der Waals surface area contributed by atoms with Crippen molar-refractivity contribution in [3.63, 3.8) is 0 Å². The number of nitrogens with one attached hydrogen (secondary N) is 1. The topological polar surface area (TPSA) is 91.0 Å². The summed E-state index contributed by atoms with van der Waals surface area (Å²) in [6.07, 6.45) is 10.7. The molecule has 0 atom stereocenters. The fourth-order valence-electron chi connectivity index (χ4n) is 4.77. The van der Waals surface area contributed by atoms with Crippen LogP contribution in [-0.4, -0.2) is 64.5 Å². The zero-order valence-electron chi connectivity index (χ0n) is 22.4. The summed E-state index contributed by atoms with van der Waals surface area (Å²) in [5.74, 6) is 4.89. The van der Waals surface area contributed by atoms with E-state index in [4.69, 9.17) is 33.1 Å². The molecule has 0 amide bonds. The molecule has 0 radical (unpaired) electrons. The van der Waals surface area contributed by atoms with Crippen molar-refractivity contribution in [2.45, 2.75) is 13.5 Å². The first-order valence-electron chi connectivity index (χ1n) is 13.0. The molecule has 0 bridgehead atoms. The van der Waals surface area contributed by atoms with Crippen LogP contribution in [0, 0.1) is 23.7 Å². The summed E-state index contributed by atoms with van der Waals surface area (Å²) in [7, 11) is 1.61. The third-order valence-corrected chi connectivity index (χ3v) is 7.24. The average molecular weight is 552 g/mol. The first-order chi connectivity index (χ1) is 19.5. The molecule has 0 unspecified atom stereocenters. The number of hydrogen-bond donors (Lipinski definition) is 1. The van der Waals surface area contributed by atoms with E-state index in [1.807, 2.05) is 49.5 Å². The van der Waals surface area contributed by atoms with E-state index in [-0.39, 0.29) is 0 Å². The molecule has 40 heavy (non-hydrogen) atoms. The molecule has 10 heteroatoms. The minimum absolute atomic E-state index is 0.506. The largest absolute Gasteiger partial charge is 0.495 e. The Morgan fingerprint density at radius 3 is 2.62 bits per heavy atom. The second-order valence-corrected chi connectivity index (χ2v) is 9.59. The molecule has 1 saturated heterocycles. The van der Waals surface area contributed by atoms with Crippen molar-refractivity contribution in [2.75, 3.05) is 44.8 Å². The standard InChI is InChI=1S/C30H29N7O2S/c1-4-22-7-6-21(14-27(22)38-3)17-33-30(40)36-12-10-35(11-13-36)28-9-8-23(18-32-28)26-15-25(39-5-2)20-37-29(26)24(16-31)19-34-37/h1,6-9,14-15,18-20H,5,10-13,17H2,2-3H3,(H,33,40). The van der Waals surface area contributed by atoms with Crippen molar-refractivity contribution < 1.29 is 9.47 Å². The Balaban J connectivity index is 1.22. The number of anilines is 1. The third kappa shape index (κ3) is 5.49. The molecule has 4 heterocycles. The Hall–Kier alpha value is -4.80. The summed E-state index contributed by atoms with van der Waals surface area (Å²) < 4.78 is 12.8. The molecule has 1 aliphatic rings. The number of nitrogens with zero attached hydrogens (tertiary/aromatic N) is 6. The lowest BCUT2D eigenvalue weighted by atomic mass is 10.1. The summed E-state index contributed by atoms with van der Waals surface area (Å²) >= 11 is 5.67. The van der Waals surface area contributed by atoms with Crippen molar-refractivity contribution >= 4 is 28.7 Å². The molecule has 1 aromatic carbocycles. The first-order valence-corrected chi connectivity index (χ1v) is 13.4. The highest BCUT2D eigenvalue weighted by molar-refractivity contribution is 7.80. The number of aromatic nitrogens is 3.